The van der Waals surface area contributed by atoms with Crippen LogP contribution >= 0.6 is 0 Å². The zero-order valence-corrected chi connectivity index (χ0v) is 11.9. The van der Waals surface area contributed by atoms with E-state index in [4.69, 9.17) is 0 Å². The molecule has 0 saturated carbocycles. The number of rotatable bonds is 4. The van der Waals surface area contributed by atoms with Crippen LogP contribution in [0.4, 0.5) is 13.2 Å². The molecule has 23 heavy (non-hydrogen) atoms. The van der Waals surface area contributed by atoms with Gasteiger partial charge in [0, 0.05) is 24.2 Å². The van der Waals surface area contributed by atoms with Crippen LogP contribution in [0.3, 0.4) is 0 Å². The van der Waals surface area contributed by atoms with Gasteiger partial charge in [0.2, 0.25) is 5.91 Å². The number of hydrogen-bond donors (Lipinski definition) is 1. The Kier molecular flexibility index (Phi) is 4.01. The molecule has 1 heterocycles. The number of nitrogens with zero attached hydrogens (tertiary/aromatic N) is 2. The molecule has 0 fully saturated rings. The van der Waals surface area contributed by atoms with Crippen molar-refractivity contribution in [3.63, 3.8) is 0 Å². The van der Waals surface area contributed by atoms with Gasteiger partial charge in [0.15, 0.2) is 11.6 Å². The third kappa shape index (κ3) is 3.18. The molecule has 0 atom stereocenters. The summed E-state index contributed by atoms with van der Waals surface area (Å²) in [6.45, 7) is -0.0862. The van der Waals surface area contributed by atoms with Gasteiger partial charge in [0.25, 0.3) is 0 Å². The standard InChI is InChI=1S/C16H12F3N3O/c17-11-4-2-1-3-10(11)7-20-16(23)8-22-9-21-14-5-12(18)13(19)6-15(14)22/h1-6,9H,7-8H2,(H,20,23). The van der Waals surface area contributed by atoms with Crippen molar-refractivity contribution < 1.29 is 18.0 Å². The summed E-state index contributed by atoms with van der Waals surface area (Å²) in [5, 5.41) is 2.57. The normalized spacial score (nSPS) is 10.9. The number of carbonyl (C=O) groups excluding carboxylic acids is 1. The number of imidazole rings is 1. The average Bonchev–Trinajstić information content (AvgIpc) is 2.89. The Bertz CT molecular complexity index is 876. The summed E-state index contributed by atoms with van der Waals surface area (Å²) >= 11 is 0. The van der Waals surface area contributed by atoms with E-state index in [2.05, 4.69) is 10.3 Å². The van der Waals surface area contributed by atoms with Crippen molar-refractivity contribution in [2.75, 3.05) is 0 Å². The first-order valence-electron chi connectivity index (χ1n) is 6.84. The highest BCUT2D eigenvalue weighted by Crippen LogP contribution is 2.17. The molecule has 0 saturated heterocycles. The lowest BCUT2D eigenvalue weighted by molar-refractivity contribution is -0.121. The van der Waals surface area contributed by atoms with Crippen molar-refractivity contribution >= 4 is 16.9 Å². The van der Waals surface area contributed by atoms with Crippen LogP contribution in [0.1, 0.15) is 5.56 Å². The molecule has 7 heteroatoms. The molecule has 2 aromatic carbocycles. The Morgan fingerprint density at radius 3 is 2.61 bits per heavy atom. The van der Waals surface area contributed by atoms with E-state index >= 15 is 0 Å². The first-order chi connectivity index (χ1) is 11.0. The number of amides is 1. The molecule has 0 radical (unpaired) electrons. The van der Waals surface area contributed by atoms with Crippen molar-refractivity contribution in [2.45, 2.75) is 13.1 Å². The zero-order valence-electron chi connectivity index (χ0n) is 11.9. The Morgan fingerprint density at radius 2 is 1.83 bits per heavy atom. The number of hydrogen-bond acceptors (Lipinski definition) is 2. The maximum Gasteiger partial charge on any atom is 0.240 e. The predicted octanol–water partition coefficient (Wildman–Crippen LogP) is 2.77. The Balaban J connectivity index is 1.71. The van der Waals surface area contributed by atoms with E-state index < -0.39 is 23.4 Å². The number of aromatic nitrogens is 2. The minimum absolute atomic E-state index is 0.0428. The Morgan fingerprint density at radius 1 is 1.09 bits per heavy atom. The van der Waals surface area contributed by atoms with Gasteiger partial charge < -0.3 is 9.88 Å². The lowest BCUT2D eigenvalue weighted by Gasteiger charge is -2.07. The summed E-state index contributed by atoms with van der Waals surface area (Å²) in [6, 6.07) is 8.07. The van der Waals surface area contributed by atoms with Gasteiger partial charge in [-0.15, -0.1) is 0 Å². The second-order valence-corrected chi connectivity index (χ2v) is 5.00. The molecule has 118 valence electrons. The molecule has 0 aliphatic rings. The molecule has 1 amide bonds. The summed E-state index contributed by atoms with van der Waals surface area (Å²) in [4.78, 5) is 15.9. The minimum atomic E-state index is -1.01. The fourth-order valence-corrected chi connectivity index (χ4v) is 2.23. The largest absolute Gasteiger partial charge is 0.350 e. The quantitative estimate of drug-likeness (QED) is 0.804. The van der Waals surface area contributed by atoms with E-state index in [1.807, 2.05) is 0 Å². The fourth-order valence-electron chi connectivity index (χ4n) is 2.23. The second-order valence-electron chi connectivity index (χ2n) is 5.00. The van der Waals surface area contributed by atoms with Crippen molar-refractivity contribution in [3.05, 3.63) is 65.7 Å². The SMILES string of the molecule is O=C(Cn1cnc2cc(F)c(F)cc21)NCc1ccccc1F. The Hall–Kier alpha value is -2.83. The van der Waals surface area contributed by atoms with Crippen LogP contribution in [0.15, 0.2) is 42.7 Å². The van der Waals surface area contributed by atoms with Gasteiger partial charge in [-0.3, -0.25) is 4.79 Å². The second kappa shape index (κ2) is 6.12. The van der Waals surface area contributed by atoms with Crippen LogP contribution in [0.25, 0.3) is 11.0 Å². The number of fused-ring (bicyclic) bond motifs is 1. The van der Waals surface area contributed by atoms with Crippen LogP contribution < -0.4 is 5.32 Å². The average molecular weight is 319 g/mol. The van der Waals surface area contributed by atoms with E-state index in [-0.39, 0.29) is 18.6 Å². The van der Waals surface area contributed by atoms with Gasteiger partial charge >= 0.3 is 0 Å². The topological polar surface area (TPSA) is 46.9 Å². The number of carbonyl (C=O) groups is 1. The molecular weight excluding hydrogens is 307 g/mol. The van der Waals surface area contributed by atoms with Crippen LogP contribution in [0.5, 0.6) is 0 Å². The highest BCUT2D eigenvalue weighted by atomic mass is 19.2. The van der Waals surface area contributed by atoms with Gasteiger partial charge in [-0.25, -0.2) is 18.2 Å². The summed E-state index contributed by atoms with van der Waals surface area (Å²) in [5.74, 6) is -2.80. The fraction of sp³-hybridized carbons (Fsp3) is 0.125. The summed E-state index contributed by atoms with van der Waals surface area (Å²) in [6.07, 6.45) is 1.33. The van der Waals surface area contributed by atoms with Gasteiger partial charge in [0.1, 0.15) is 12.4 Å². The first-order valence-corrected chi connectivity index (χ1v) is 6.84. The summed E-state index contributed by atoms with van der Waals surface area (Å²) in [5.41, 5.74) is 0.931. The van der Waals surface area contributed by atoms with Crippen LogP contribution in [0, 0.1) is 17.5 Å². The molecular formula is C16H12F3N3O. The van der Waals surface area contributed by atoms with E-state index in [1.54, 1.807) is 18.2 Å². The minimum Gasteiger partial charge on any atom is -0.350 e. The third-order valence-electron chi connectivity index (χ3n) is 3.41. The maximum atomic E-state index is 13.5. The number of benzene rings is 2. The molecule has 1 aromatic heterocycles. The van der Waals surface area contributed by atoms with Crippen molar-refractivity contribution in [1.29, 1.82) is 0 Å². The smallest absolute Gasteiger partial charge is 0.240 e. The van der Waals surface area contributed by atoms with Crippen molar-refractivity contribution in [1.82, 2.24) is 14.9 Å². The highest BCUT2D eigenvalue weighted by molar-refractivity contribution is 5.80. The van der Waals surface area contributed by atoms with E-state index in [0.717, 1.165) is 12.1 Å². The molecule has 3 aromatic rings. The number of halogens is 3. The lowest BCUT2D eigenvalue weighted by Crippen LogP contribution is -2.27. The van der Waals surface area contributed by atoms with Gasteiger partial charge in [-0.2, -0.15) is 0 Å². The van der Waals surface area contributed by atoms with E-state index in [0.29, 0.717) is 11.1 Å². The molecule has 3 rings (SSSR count). The Labute approximate surface area is 129 Å². The van der Waals surface area contributed by atoms with E-state index in [1.165, 1.54) is 17.0 Å². The molecule has 0 unspecified atom stereocenters. The lowest BCUT2D eigenvalue weighted by atomic mass is 10.2. The molecule has 0 aliphatic heterocycles. The zero-order chi connectivity index (χ0) is 16.4. The molecule has 1 N–H and O–H groups in total. The maximum absolute atomic E-state index is 13.5. The van der Waals surface area contributed by atoms with Crippen molar-refractivity contribution in [2.24, 2.45) is 0 Å². The summed E-state index contributed by atoms with van der Waals surface area (Å²) in [7, 11) is 0. The highest BCUT2D eigenvalue weighted by Gasteiger charge is 2.11. The van der Waals surface area contributed by atoms with E-state index in [9.17, 15) is 18.0 Å². The molecule has 4 nitrogen and oxygen atoms in total. The van der Waals surface area contributed by atoms with Crippen LogP contribution in [-0.4, -0.2) is 15.5 Å². The third-order valence-corrected chi connectivity index (χ3v) is 3.41. The first kappa shape index (κ1) is 15.1. The van der Waals surface area contributed by atoms with Crippen LogP contribution in [-0.2, 0) is 17.9 Å². The molecule has 0 aliphatic carbocycles. The van der Waals surface area contributed by atoms with Gasteiger partial charge in [0.05, 0.1) is 17.4 Å². The van der Waals surface area contributed by atoms with Gasteiger partial charge in [-0.05, 0) is 6.07 Å². The molecule has 0 spiro atoms. The van der Waals surface area contributed by atoms with Crippen molar-refractivity contribution in [3.8, 4) is 0 Å². The monoisotopic (exact) mass is 319 g/mol. The van der Waals surface area contributed by atoms with Crippen LogP contribution in [0.2, 0.25) is 0 Å². The predicted molar refractivity (Wildman–Crippen MR) is 77.9 cm³/mol. The van der Waals surface area contributed by atoms with Gasteiger partial charge in [-0.1, -0.05) is 18.2 Å². The summed E-state index contributed by atoms with van der Waals surface area (Å²) < 4.78 is 41.3. The number of nitrogens with one attached hydrogen (secondary N) is 1. The molecule has 0 bridgehead atoms.